The van der Waals surface area contributed by atoms with E-state index in [2.05, 4.69) is 4.98 Å². The second kappa shape index (κ2) is 4.06. The van der Waals surface area contributed by atoms with Gasteiger partial charge in [0.05, 0.1) is 5.56 Å². The Morgan fingerprint density at radius 2 is 2.00 bits per heavy atom. The van der Waals surface area contributed by atoms with Crippen LogP contribution in [0.4, 0.5) is 0 Å². The maximum atomic E-state index is 10.7. The molecular formula is C8H6ClNO4. The highest BCUT2D eigenvalue weighted by Gasteiger charge is 2.20. The van der Waals surface area contributed by atoms with Crippen LogP contribution in [0.5, 0.6) is 0 Å². The number of pyridine rings is 1. The number of halogens is 1. The molecule has 0 amide bonds. The third-order valence-electron chi connectivity index (χ3n) is 1.60. The largest absolute Gasteiger partial charge is 0.478 e. The van der Waals surface area contributed by atoms with Crippen LogP contribution >= 0.6 is 11.6 Å². The molecule has 0 bridgehead atoms. The Kier molecular flexibility index (Phi) is 3.03. The third kappa shape index (κ3) is 1.82. The van der Waals surface area contributed by atoms with E-state index in [1.165, 1.54) is 12.3 Å². The topological polar surface area (TPSA) is 87.5 Å². The van der Waals surface area contributed by atoms with Gasteiger partial charge in [-0.15, -0.1) is 11.6 Å². The van der Waals surface area contributed by atoms with Crippen LogP contribution in [-0.4, -0.2) is 27.1 Å². The van der Waals surface area contributed by atoms with E-state index < -0.39 is 17.6 Å². The SMILES string of the molecule is O=C(O)c1nccc(CCl)c1C(=O)O. The first-order chi connectivity index (χ1) is 6.57. The number of aromatic nitrogens is 1. The molecule has 1 heterocycles. The van der Waals surface area contributed by atoms with Gasteiger partial charge in [0.15, 0.2) is 5.69 Å². The molecule has 1 rings (SSSR count). The summed E-state index contributed by atoms with van der Waals surface area (Å²) in [5.74, 6) is -2.79. The van der Waals surface area contributed by atoms with E-state index in [1.54, 1.807) is 0 Å². The number of alkyl halides is 1. The monoisotopic (exact) mass is 215 g/mol. The van der Waals surface area contributed by atoms with Crippen molar-refractivity contribution in [3.8, 4) is 0 Å². The molecule has 0 unspecified atom stereocenters. The second-order valence-corrected chi connectivity index (χ2v) is 2.70. The minimum atomic E-state index is -1.38. The molecule has 74 valence electrons. The number of hydrogen-bond donors (Lipinski definition) is 2. The number of hydrogen-bond acceptors (Lipinski definition) is 3. The van der Waals surface area contributed by atoms with Gasteiger partial charge in [0, 0.05) is 12.1 Å². The fourth-order valence-corrected chi connectivity index (χ4v) is 1.24. The maximum Gasteiger partial charge on any atom is 0.355 e. The molecule has 0 aliphatic carbocycles. The minimum absolute atomic E-state index is 0.0650. The summed E-state index contributed by atoms with van der Waals surface area (Å²) in [6.07, 6.45) is 1.22. The predicted molar refractivity (Wildman–Crippen MR) is 47.7 cm³/mol. The maximum absolute atomic E-state index is 10.7. The van der Waals surface area contributed by atoms with Crippen molar-refractivity contribution >= 4 is 23.5 Å². The van der Waals surface area contributed by atoms with Gasteiger partial charge in [-0.2, -0.15) is 0 Å². The van der Waals surface area contributed by atoms with Gasteiger partial charge in [0.25, 0.3) is 0 Å². The van der Waals surface area contributed by atoms with Crippen LogP contribution in [0.25, 0.3) is 0 Å². The Balaban J connectivity index is 3.43. The van der Waals surface area contributed by atoms with Crippen LogP contribution in [-0.2, 0) is 5.88 Å². The Labute approximate surface area is 84.0 Å². The second-order valence-electron chi connectivity index (χ2n) is 2.44. The Bertz CT molecular complexity index is 391. The predicted octanol–water partition coefficient (Wildman–Crippen LogP) is 1.22. The summed E-state index contributed by atoms with van der Waals surface area (Å²) in [5, 5.41) is 17.4. The summed E-state index contributed by atoms with van der Waals surface area (Å²) < 4.78 is 0. The zero-order chi connectivity index (χ0) is 10.7. The summed E-state index contributed by atoms with van der Waals surface area (Å²) in [6, 6.07) is 1.38. The molecule has 0 saturated heterocycles. The van der Waals surface area contributed by atoms with Crippen LogP contribution in [0.3, 0.4) is 0 Å². The highest BCUT2D eigenvalue weighted by atomic mass is 35.5. The van der Waals surface area contributed by atoms with Gasteiger partial charge in [0.2, 0.25) is 0 Å². The molecular weight excluding hydrogens is 210 g/mol. The number of nitrogens with zero attached hydrogens (tertiary/aromatic N) is 1. The molecule has 0 spiro atoms. The fourth-order valence-electron chi connectivity index (χ4n) is 1.01. The Hall–Kier alpha value is -1.62. The van der Waals surface area contributed by atoms with Crippen molar-refractivity contribution in [1.29, 1.82) is 0 Å². The van der Waals surface area contributed by atoms with Gasteiger partial charge in [-0.3, -0.25) is 0 Å². The Morgan fingerprint density at radius 1 is 1.36 bits per heavy atom. The van der Waals surface area contributed by atoms with E-state index in [9.17, 15) is 9.59 Å². The lowest BCUT2D eigenvalue weighted by Gasteiger charge is -2.04. The van der Waals surface area contributed by atoms with E-state index in [0.29, 0.717) is 0 Å². The average Bonchev–Trinajstić information content (AvgIpc) is 2.16. The zero-order valence-corrected chi connectivity index (χ0v) is 7.65. The first-order valence-corrected chi connectivity index (χ1v) is 4.11. The van der Waals surface area contributed by atoms with Crippen molar-refractivity contribution < 1.29 is 19.8 Å². The molecule has 0 saturated carbocycles. The van der Waals surface area contributed by atoms with E-state index >= 15 is 0 Å². The number of carbonyl (C=O) groups is 2. The van der Waals surface area contributed by atoms with Crippen molar-refractivity contribution in [1.82, 2.24) is 4.98 Å². The summed E-state index contributed by atoms with van der Waals surface area (Å²) >= 11 is 5.47. The van der Waals surface area contributed by atoms with Crippen molar-refractivity contribution in [3.63, 3.8) is 0 Å². The van der Waals surface area contributed by atoms with Gasteiger partial charge < -0.3 is 10.2 Å². The highest BCUT2D eigenvalue weighted by molar-refractivity contribution is 6.18. The van der Waals surface area contributed by atoms with Crippen LogP contribution in [0.15, 0.2) is 12.3 Å². The molecule has 0 aliphatic heterocycles. The number of rotatable bonds is 3. The van der Waals surface area contributed by atoms with Crippen molar-refractivity contribution in [2.75, 3.05) is 0 Å². The molecule has 0 atom stereocenters. The van der Waals surface area contributed by atoms with Crippen LogP contribution in [0, 0.1) is 0 Å². The lowest BCUT2D eigenvalue weighted by atomic mass is 10.1. The molecule has 5 nitrogen and oxygen atoms in total. The van der Waals surface area contributed by atoms with E-state index in [4.69, 9.17) is 21.8 Å². The molecule has 0 fully saturated rings. The zero-order valence-electron chi connectivity index (χ0n) is 6.90. The number of aromatic carboxylic acids is 2. The van der Waals surface area contributed by atoms with Crippen molar-refractivity contribution in [2.45, 2.75) is 5.88 Å². The lowest BCUT2D eigenvalue weighted by molar-refractivity contribution is 0.0645. The molecule has 0 aliphatic rings. The molecule has 0 radical (unpaired) electrons. The lowest BCUT2D eigenvalue weighted by Crippen LogP contribution is -2.12. The van der Waals surface area contributed by atoms with Crippen LogP contribution in [0.1, 0.15) is 26.4 Å². The molecule has 6 heteroatoms. The summed E-state index contributed by atoms with van der Waals surface area (Å²) in [5.41, 5.74) is -0.600. The van der Waals surface area contributed by atoms with E-state index in [0.717, 1.165) is 0 Å². The summed E-state index contributed by atoms with van der Waals surface area (Å²) in [7, 11) is 0. The number of carboxylic acids is 2. The van der Waals surface area contributed by atoms with Crippen LogP contribution in [0.2, 0.25) is 0 Å². The van der Waals surface area contributed by atoms with Gasteiger partial charge in [-0.05, 0) is 11.6 Å². The standard InChI is InChI=1S/C8H6ClNO4/c9-3-4-1-2-10-6(8(13)14)5(4)7(11)12/h1-2H,3H2,(H,11,12)(H,13,14). The normalized spacial score (nSPS) is 9.79. The van der Waals surface area contributed by atoms with Gasteiger partial charge in [-0.1, -0.05) is 0 Å². The first kappa shape index (κ1) is 10.5. The van der Waals surface area contributed by atoms with Gasteiger partial charge in [-0.25, -0.2) is 14.6 Å². The van der Waals surface area contributed by atoms with Crippen LogP contribution < -0.4 is 0 Å². The fraction of sp³-hybridized carbons (Fsp3) is 0.125. The van der Waals surface area contributed by atoms with Gasteiger partial charge >= 0.3 is 11.9 Å². The minimum Gasteiger partial charge on any atom is -0.478 e. The van der Waals surface area contributed by atoms with Crippen molar-refractivity contribution in [2.24, 2.45) is 0 Å². The van der Waals surface area contributed by atoms with Crippen molar-refractivity contribution in [3.05, 3.63) is 29.1 Å². The first-order valence-electron chi connectivity index (χ1n) is 3.58. The highest BCUT2D eigenvalue weighted by Crippen LogP contribution is 2.14. The molecule has 1 aromatic heterocycles. The third-order valence-corrected chi connectivity index (χ3v) is 1.89. The summed E-state index contributed by atoms with van der Waals surface area (Å²) in [4.78, 5) is 24.8. The molecule has 0 aromatic carbocycles. The van der Waals surface area contributed by atoms with E-state index in [-0.39, 0.29) is 17.0 Å². The Morgan fingerprint density at radius 3 is 2.43 bits per heavy atom. The quantitative estimate of drug-likeness (QED) is 0.740. The number of carboxylic acid groups (broad SMARTS) is 2. The average molecular weight is 216 g/mol. The smallest absolute Gasteiger partial charge is 0.355 e. The van der Waals surface area contributed by atoms with E-state index in [1.807, 2.05) is 0 Å². The van der Waals surface area contributed by atoms with Gasteiger partial charge in [0.1, 0.15) is 0 Å². The molecule has 2 N–H and O–H groups in total. The molecule has 1 aromatic rings. The molecule has 14 heavy (non-hydrogen) atoms. The summed E-state index contributed by atoms with van der Waals surface area (Å²) in [6.45, 7) is 0.